The molecule has 2 N–H and O–H groups in total. The van der Waals surface area contributed by atoms with Gasteiger partial charge in [0.05, 0.1) is 0 Å². The number of amides is 1. The first-order chi connectivity index (χ1) is 10.1. The summed E-state index contributed by atoms with van der Waals surface area (Å²) in [7, 11) is 0. The molecule has 1 heterocycles. The second-order valence-electron chi connectivity index (χ2n) is 5.29. The van der Waals surface area contributed by atoms with E-state index in [4.69, 9.17) is 0 Å². The lowest BCUT2D eigenvalue weighted by molar-refractivity contribution is 0.102. The molecule has 0 saturated heterocycles. The number of carbonyl (C=O) groups excluding carboxylic acids is 1. The summed E-state index contributed by atoms with van der Waals surface area (Å²) in [5.74, 6) is -0.0375. The number of carbonyl (C=O) groups is 1. The third-order valence-electron chi connectivity index (χ3n) is 3.81. The van der Waals surface area contributed by atoms with Gasteiger partial charge in [-0.05, 0) is 54.8 Å². The second kappa shape index (κ2) is 6.00. The van der Waals surface area contributed by atoms with Crippen LogP contribution in [0.3, 0.4) is 0 Å². The van der Waals surface area contributed by atoms with Crippen molar-refractivity contribution in [1.82, 2.24) is 5.32 Å². The molecule has 0 atom stereocenters. The highest BCUT2D eigenvalue weighted by Crippen LogP contribution is 2.23. The Morgan fingerprint density at radius 2 is 2.14 bits per heavy atom. The number of fused-ring (bicyclic) bond motifs is 1. The molecule has 0 bridgehead atoms. The van der Waals surface area contributed by atoms with Crippen LogP contribution in [0.2, 0.25) is 0 Å². The Morgan fingerprint density at radius 3 is 2.95 bits per heavy atom. The molecule has 108 valence electrons. The minimum atomic E-state index is -0.0375. The van der Waals surface area contributed by atoms with Crippen LogP contribution in [0.4, 0.5) is 5.69 Å². The molecule has 0 aliphatic carbocycles. The molecule has 0 saturated carbocycles. The number of benzene rings is 2. The van der Waals surface area contributed by atoms with Gasteiger partial charge in [-0.15, -0.1) is 0 Å². The fraction of sp³-hybridized carbons (Fsp3) is 0.235. The summed E-state index contributed by atoms with van der Waals surface area (Å²) in [6, 6.07) is 11.8. The number of hydrogen-bond acceptors (Lipinski definition) is 2. The van der Waals surface area contributed by atoms with Crippen molar-refractivity contribution >= 4 is 27.5 Å². The standard InChI is InChI=1S/C17H17BrN2O/c1-11-5-6-13(9-16(11)18)20-17(21)15-4-2-3-12-10-19-8-7-14(12)15/h2-6,9,19H,7-8,10H2,1H3,(H,20,21). The van der Waals surface area contributed by atoms with Gasteiger partial charge in [0.15, 0.2) is 0 Å². The van der Waals surface area contributed by atoms with E-state index in [1.54, 1.807) is 0 Å². The van der Waals surface area contributed by atoms with E-state index in [2.05, 4.69) is 32.6 Å². The molecule has 3 nitrogen and oxygen atoms in total. The van der Waals surface area contributed by atoms with Crippen molar-refractivity contribution in [3.05, 3.63) is 63.1 Å². The molecule has 0 aromatic heterocycles. The summed E-state index contributed by atoms with van der Waals surface area (Å²) in [4.78, 5) is 12.5. The first kappa shape index (κ1) is 14.3. The Labute approximate surface area is 132 Å². The average molecular weight is 345 g/mol. The third-order valence-corrected chi connectivity index (χ3v) is 4.67. The van der Waals surface area contributed by atoms with Gasteiger partial charge < -0.3 is 10.6 Å². The Bertz CT molecular complexity index is 697. The monoisotopic (exact) mass is 344 g/mol. The Kier molecular flexibility index (Phi) is 4.08. The fourth-order valence-corrected chi connectivity index (χ4v) is 2.99. The van der Waals surface area contributed by atoms with E-state index in [0.29, 0.717) is 0 Å². The molecule has 0 radical (unpaired) electrons. The molecule has 4 heteroatoms. The van der Waals surface area contributed by atoms with Crippen molar-refractivity contribution in [2.45, 2.75) is 19.9 Å². The lowest BCUT2D eigenvalue weighted by atomic mass is 9.95. The SMILES string of the molecule is Cc1ccc(NC(=O)c2cccc3c2CCNC3)cc1Br. The van der Waals surface area contributed by atoms with Gasteiger partial charge in [-0.3, -0.25) is 4.79 Å². The summed E-state index contributed by atoms with van der Waals surface area (Å²) >= 11 is 3.49. The van der Waals surface area contributed by atoms with Gasteiger partial charge in [-0.2, -0.15) is 0 Å². The lowest BCUT2D eigenvalue weighted by Crippen LogP contribution is -2.26. The molecule has 0 unspecified atom stereocenters. The Hall–Kier alpha value is -1.65. The van der Waals surface area contributed by atoms with Crippen molar-refractivity contribution in [3.8, 4) is 0 Å². The molecular formula is C17H17BrN2O. The number of nitrogens with one attached hydrogen (secondary N) is 2. The maximum absolute atomic E-state index is 12.5. The van der Waals surface area contributed by atoms with Crippen LogP contribution in [0.15, 0.2) is 40.9 Å². The molecule has 1 aliphatic heterocycles. The molecular weight excluding hydrogens is 328 g/mol. The largest absolute Gasteiger partial charge is 0.322 e. The molecule has 0 fully saturated rings. The second-order valence-corrected chi connectivity index (χ2v) is 6.14. The van der Waals surface area contributed by atoms with Gasteiger partial charge in [0, 0.05) is 22.3 Å². The predicted octanol–water partition coefficient (Wildman–Crippen LogP) is 3.66. The van der Waals surface area contributed by atoms with E-state index in [0.717, 1.165) is 40.8 Å². The molecule has 2 aromatic rings. The van der Waals surface area contributed by atoms with Crippen molar-refractivity contribution in [2.24, 2.45) is 0 Å². The maximum Gasteiger partial charge on any atom is 0.255 e. The van der Waals surface area contributed by atoms with E-state index in [1.165, 1.54) is 11.1 Å². The third kappa shape index (κ3) is 3.01. The van der Waals surface area contributed by atoms with Gasteiger partial charge in [0.2, 0.25) is 0 Å². The molecule has 1 amide bonds. The quantitative estimate of drug-likeness (QED) is 0.872. The van der Waals surface area contributed by atoms with Gasteiger partial charge >= 0.3 is 0 Å². The fourth-order valence-electron chi connectivity index (χ4n) is 2.61. The Morgan fingerprint density at radius 1 is 1.29 bits per heavy atom. The van der Waals surface area contributed by atoms with Gasteiger partial charge in [-0.1, -0.05) is 34.1 Å². The summed E-state index contributed by atoms with van der Waals surface area (Å²) in [6.07, 6.45) is 0.899. The first-order valence-electron chi connectivity index (χ1n) is 7.04. The topological polar surface area (TPSA) is 41.1 Å². The van der Waals surface area contributed by atoms with E-state index < -0.39 is 0 Å². The smallest absolute Gasteiger partial charge is 0.255 e. The van der Waals surface area contributed by atoms with Crippen LogP contribution in [-0.4, -0.2) is 12.5 Å². The molecule has 2 aromatic carbocycles. The van der Waals surface area contributed by atoms with Gasteiger partial charge in [0.1, 0.15) is 0 Å². The number of rotatable bonds is 2. The summed E-state index contributed by atoms with van der Waals surface area (Å²) in [5.41, 5.74) is 5.13. The first-order valence-corrected chi connectivity index (χ1v) is 7.83. The number of hydrogen-bond donors (Lipinski definition) is 2. The van der Waals surface area contributed by atoms with Crippen molar-refractivity contribution in [1.29, 1.82) is 0 Å². The van der Waals surface area contributed by atoms with Gasteiger partial charge in [-0.25, -0.2) is 0 Å². The van der Waals surface area contributed by atoms with Crippen LogP contribution in [0.25, 0.3) is 0 Å². The molecule has 3 rings (SSSR count). The highest BCUT2D eigenvalue weighted by Gasteiger charge is 2.17. The van der Waals surface area contributed by atoms with E-state index in [1.807, 2.05) is 37.3 Å². The zero-order valence-corrected chi connectivity index (χ0v) is 13.5. The lowest BCUT2D eigenvalue weighted by Gasteiger charge is -2.20. The minimum absolute atomic E-state index is 0.0375. The van der Waals surface area contributed by atoms with E-state index in [-0.39, 0.29) is 5.91 Å². The predicted molar refractivity (Wildman–Crippen MR) is 88.7 cm³/mol. The zero-order chi connectivity index (χ0) is 14.8. The maximum atomic E-state index is 12.5. The average Bonchev–Trinajstić information content (AvgIpc) is 2.50. The number of halogens is 1. The van der Waals surface area contributed by atoms with Crippen LogP contribution in [0.1, 0.15) is 27.0 Å². The van der Waals surface area contributed by atoms with E-state index >= 15 is 0 Å². The summed E-state index contributed by atoms with van der Waals surface area (Å²) in [6.45, 7) is 3.79. The van der Waals surface area contributed by atoms with Crippen LogP contribution < -0.4 is 10.6 Å². The Balaban J connectivity index is 1.87. The number of anilines is 1. The van der Waals surface area contributed by atoms with Crippen LogP contribution in [0.5, 0.6) is 0 Å². The molecule has 1 aliphatic rings. The van der Waals surface area contributed by atoms with Crippen LogP contribution >= 0.6 is 15.9 Å². The van der Waals surface area contributed by atoms with Crippen molar-refractivity contribution in [3.63, 3.8) is 0 Å². The van der Waals surface area contributed by atoms with Crippen molar-refractivity contribution in [2.75, 3.05) is 11.9 Å². The van der Waals surface area contributed by atoms with Crippen LogP contribution in [-0.2, 0) is 13.0 Å². The number of aryl methyl sites for hydroxylation is 1. The highest BCUT2D eigenvalue weighted by molar-refractivity contribution is 9.10. The molecule has 21 heavy (non-hydrogen) atoms. The summed E-state index contributed by atoms with van der Waals surface area (Å²) < 4.78 is 1.000. The summed E-state index contributed by atoms with van der Waals surface area (Å²) in [5, 5.41) is 6.32. The molecule has 0 spiro atoms. The van der Waals surface area contributed by atoms with Gasteiger partial charge in [0.25, 0.3) is 5.91 Å². The minimum Gasteiger partial charge on any atom is -0.322 e. The van der Waals surface area contributed by atoms with E-state index in [9.17, 15) is 4.79 Å². The zero-order valence-electron chi connectivity index (χ0n) is 11.9. The highest BCUT2D eigenvalue weighted by atomic mass is 79.9. The normalized spacial score (nSPS) is 13.6. The van der Waals surface area contributed by atoms with Crippen molar-refractivity contribution < 1.29 is 4.79 Å². The van der Waals surface area contributed by atoms with Crippen LogP contribution in [0, 0.1) is 6.92 Å².